The summed E-state index contributed by atoms with van der Waals surface area (Å²) in [4.78, 5) is 9.89. The highest BCUT2D eigenvalue weighted by molar-refractivity contribution is 5.76. The van der Waals surface area contributed by atoms with Gasteiger partial charge in [-0.25, -0.2) is 4.79 Å². The van der Waals surface area contributed by atoms with Gasteiger partial charge >= 0.3 is 5.97 Å². The fraction of sp³-hybridized carbons (Fsp3) is 0.750. The Balaban J connectivity index is 2.48. The van der Waals surface area contributed by atoms with Crippen molar-refractivity contribution in [3.05, 3.63) is 0 Å². The molecule has 0 amide bonds. The third-order valence-electron chi connectivity index (χ3n) is 1.01. The zero-order chi connectivity index (χ0) is 6.36. The molecule has 1 aliphatic heterocycles. The average molecular weight is 118 g/mol. The lowest BCUT2D eigenvalue weighted by Gasteiger charge is -1.86. The van der Waals surface area contributed by atoms with E-state index in [2.05, 4.69) is 4.74 Å². The molecule has 0 bridgehead atoms. The summed E-state index contributed by atoms with van der Waals surface area (Å²) in [6.07, 6.45) is -1.01. The predicted molar refractivity (Wildman–Crippen MR) is 23.1 cm³/mol. The van der Waals surface area contributed by atoms with Gasteiger partial charge in [-0.2, -0.15) is 0 Å². The molecule has 1 saturated heterocycles. The number of carboxylic acid groups (broad SMARTS) is 1. The van der Waals surface area contributed by atoms with Gasteiger partial charge < -0.3 is 14.9 Å². The summed E-state index contributed by atoms with van der Waals surface area (Å²) in [5.74, 6) is -2.53. The number of carbonyl (C=O) groups is 1. The standard InChI is InChI=1S/C4H6O4/c1-4(7)2(8-4)3(5)6/h2,7H,1H3,(H,5,6)/t2?,4-/m1/s1. The second-order valence-corrected chi connectivity index (χ2v) is 1.89. The highest BCUT2D eigenvalue weighted by Gasteiger charge is 2.56. The molecule has 0 saturated carbocycles. The van der Waals surface area contributed by atoms with Gasteiger partial charge in [-0.15, -0.1) is 0 Å². The van der Waals surface area contributed by atoms with Gasteiger partial charge in [0.25, 0.3) is 0 Å². The van der Waals surface area contributed by atoms with Crippen molar-refractivity contribution >= 4 is 5.97 Å². The van der Waals surface area contributed by atoms with Crippen LogP contribution in [0.4, 0.5) is 0 Å². The van der Waals surface area contributed by atoms with Crippen LogP contribution in [0, 0.1) is 0 Å². The molecule has 1 aliphatic rings. The molecule has 4 nitrogen and oxygen atoms in total. The number of aliphatic hydroxyl groups is 1. The Hall–Kier alpha value is -0.610. The van der Waals surface area contributed by atoms with Crippen molar-refractivity contribution in [3.8, 4) is 0 Å². The maximum atomic E-state index is 9.89. The van der Waals surface area contributed by atoms with Gasteiger partial charge in [-0.05, 0) is 6.92 Å². The summed E-state index contributed by atoms with van der Waals surface area (Å²) in [5, 5.41) is 16.8. The van der Waals surface area contributed by atoms with E-state index in [1.807, 2.05) is 0 Å². The molecule has 4 heteroatoms. The number of aliphatic carboxylic acids is 1. The van der Waals surface area contributed by atoms with Crippen molar-refractivity contribution in [1.82, 2.24) is 0 Å². The van der Waals surface area contributed by atoms with Crippen LogP contribution in [-0.2, 0) is 9.53 Å². The minimum Gasteiger partial charge on any atom is -0.479 e. The summed E-state index contributed by atoms with van der Waals surface area (Å²) >= 11 is 0. The Kier molecular flexibility index (Phi) is 0.835. The third-order valence-corrected chi connectivity index (χ3v) is 1.01. The Bertz CT molecular complexity index is 128. The summed E-state index contributed by atoms with van der Waals surface area (Å²) in [6.45, 7) is 1.31. The molecule has 1 unspecified atom stereocenters. The van der Waals surface area contributed by atoms with E-state index in [0.29, 0.717) is 0 Å². The van der Waals surface area contributed by atoms with Gasteiger partial charge in [0.05, 0.1) is 0 Å². The number of ether oxygens (including phenoxy) is 1. The van der Waals surface area contributed by atoms with E-state index in [-0.39, 0.29) is 0 Å². The molecule has 2 N–H and O–H groups in total. The predicted octanol–water partition coefficient (Wildman–Crippen LogP) is -0.822. The fourth-order valence-electron chi connectivity index (χ4n) is 0.484. The highest BCUT2D eigenvalue weighted by atomic mass is 16.7. The largest absolute Gasteiger partial charge is 0.479 e. The maximum Gasteiger partial charge on any atom is 0.338 e. The first-order chi connectivity index (χ1) is 3.54. The fourth-order valence-corrected chi connectivity index (χ4v) is 0.484. The Morgan fingerprint density at radius 3 is 2.25 bits per heavy atom. The number of rotatable bonds is 1. The lowest BCUT2D eigenvalue weighted by Crippen LogP contribution is -2.15. The van der Waals surface area contributed by atoms with E-state index in [0.717, 1.165) is 0 Å². The van der Waals surface area contributed by atoms with Crippen LogP contribution in [0.15, 0.2) is 0 Å². The van der Waals surface area contributed by atoms with Gasteiger partial charge in [0.15, 0.2) is 0 Å². The summed E-state index contributed by atoms with van der Waals surface area (Å²) in [5.41, 5.74) is 0. The monoisotopic (exact) mass is 118 g/mol. The van der Waals surface area contributed by atoms with Gasteiger partial charge in [-0.3, -0.25) is 0 Å². The molecule has 46 valence electrons. The molecule has 0 spiro atoms. The van der Waals surface area contributed by atoms with Crippen molar-refractivity contribution in [2.75, 3.05) is 0 Å². The first-order valence-corrected chi connectivity index (χ1v) is 2.17. The molecule has 1 fully saturated rings. The van der Waals surface area contributed by atoms with Crippen molar-refractivity contribution in [2.45, 2.75) is 18.8 Å². The minimum atomic E-state index is -1.41. The Labute approximate surface area is 45.7 Å². The van der Waals surface area contributed by atoms with Crippen molar-refractivity contribution < 1.29 is 19.7 Å². The van der Waals surface area contributed by atoms with Gasteiger partial charge in [0, 0.05) is 0 Å². The van der Waals surface area contributed by atoms with E-state index >= 15 is 0 Å². The summed E-state index contributed by atoms with van der Waals surface area (Å²) in [7, 11) is 0. The molecule has 0 aromatic heterocycles. The maximum absolute atomic E-state index is 9.89. The first-order valence-electron chi connectivity index (χ1n) is 2.17. The van der Waals surface area contributed by atoms with Gasteiger partial charge in [0.1, 0.15) is 0 Å². The number of hydrogen-bond donors (Lipinski definition) is 2. The lowest BCUT2D eigenvalue weighted by atomic mass is 10.3. The first kappa shape index (κ1) is 5.53. The molecule has 0 aliphatic carbocycles. The second-order valence-electron chi connectivity index (χ2n) is 1.89. The number of epoxide rings is 1. The molecule has 0 radical (unpaired) electrons. The van der Waals surface area contributed by atoms with Crippen LogP contribution >= 0.6 is 0 Å². The third kappa shape index (κ3) is 0.677. The van der Waals surface area contributed by atoms with E-state index in [4.69, 9.17) is 10.2 Å². The molecule has 0 aromatic rings. The lowest BCUT2D eigenvalue weighted by molar-refractivity contribution is -0.138. The van der Waals surface area contributed by atoms with Crippen molar-refractivity contribution in [3.63, 3.8) is 0 Å². The van der Waals surface area contributed by atoms with E-state index < -0.39 is 17.9 Å². The van der Waals surface area contributed by atoms with Crippen molar-refractivity contribution in [1.29, 1.82) is 0 Å². The van der Waals surface area contributed by atoms with Gasteiger partial charge in [-0.1, -0.05) is 0 Å². The Morgan fingerprint density at radius 1 is 1.88 bits per heavy atom. The average Bonchev–Trinajstić information content (AvgIpc) is 2.13. The summed E-state index contributed by atoms with van der Waals surface area (Å²) in [6, 6.07) is 0. The van der Waals surface area contributed by atoms with Crippen LogP contribution in [0.1, 0.15) is 6.92 Å². The van der Waals surface area contributed by atoms with Crippen LogP contribution in [0.2, 0.25) is 0 Å². The quantitative estimate of drug-likeness (QED) is 0.441. The van der Waals surface area contributed by atoms with Crippen LogP contribution < -0.4 is 0 Å². The highest BCUT2D eigenvalue weighted by Crippen LogP contribution is 2.32. The summed E-state index contributed by atoms with van der Waals surface area (Å²) < 4.78 is 4.32. The number of carboxylic acids is 1. The molecule has 1 rings (SSSR count). The van der Waals surface area contributed by atoms with E-state index in [1.165, 1.54) is 6.92 Å². The second kappa shape index (κ2) is 1.21. The zero-order valence-corrected chi connectivity index (χ0v) is 4.29. The van der Waals surface area contributed by atoms with Gasteiger partial charge in [0.2, 0.25) is 11.9 Å². The van der Waals surface area contributed by atoms with E-state index in [9.17, 15) is 4.79 Å². The zero-order valence-electron chi connectivity index (χ0n) is 4.29. The topological polar surface area (TPSA) is 70.1 Å². The smallest absolute Gasteiger partial charge is 0.338 e. The molecular formula is C4H6O4. The van der Waals surface area contributed by atoms with Crippen LogP contribution in [0.25, 0.3) is 0 Å². The normalized spacial score (nSPS) is 44.0. The molecule has 1 heterocycles. The molecule has 8 heavy (non-hydrogen) atoms. The van der Waals surface area contributed by atoms with Crippen LogP contribution in [0.3, 0.4) is 0 Å². The van der Waals surface area contributed by atoms with E-state index in [1.54, 1.807) is 0 Å². The number of hydrogen-bond acceptors (Lipinski definition) is 3. The van der Waals surface area contributed by atoms with Crippen molar-refractivity contribution in [2.24, 2.45) is 0 Å². The Morgan fingerprint density at radius 2 is 2.25 bits per heavy atom. The molecular weight excluding hydrogens is 112 g/mol. The SMILES string of the molecule is C[C@@]1(O)OC1C(=O)O. The molecule has 0 aromatic carbocycles. The van der Waals surface area contributed by atoms with Crippen LogP contribution in [0.5, 0.6) is 0 Å². The molecule has 2 atom stereocenters. The minimum absolute atomic E-state index is 1.01. The van der Waals surface area contributed by atoms with Crippen LogP contribution in [-0.4, -0.2) is 28.1 Å².